The third-order valence-electron chi connectivity index (χ3n) is 1.57. The van der Waals surface area contributed by atoms with Crippen LogP contribution in [0.15, 0.2) is 27.6 Å². The van der Waals surface area contributed by atoms with Crippen LogP contribution < -0.4 is 4.72 Å². The quantitative estimate of drug-likeness (QED) is 0.837. The van der Waals surface area contributed by atoms with E-state index in [9.17, 15) is 12.8 Å². The molecule has 0 aliphatic heterocycles. The van der Waals surface area contributed by atoms with E-state index in [1.165, 1.54) is 12.1 Å². The Bertz CT molecular complexity index is 450. The van der Waals surface area contributed by atoms with Crippen LogP contribution in [-0.4, -0.2) is 20.3 Å². The molecule has 0 unspecified atom stereocenters. The molecule has 15 heavy (non-hydrogen) atoms. The fourth-order valence-corrected chi connectivity index (χ4v) is 2.83. The summed E-state index contributed by atoms with van der Waals surface area (Å²) in [5.74, 6) is -0.772. The predicted molar refractivity (Wildman–Crippen MR) is 63.1 cm³/mol. The van der Waals surface area contributed by atoms with Gasteiger partial charge in [0.25, 0.3) is 0 Å². The lowest BCUT2D eigenvalue weighted by Crippen LogP contribution is -2.26. The summed E-state index contributed by atoms with van der Waals surface area (Å²) in [6, 6.07) is 3.81. The average Bonchev–Trinajstić information content (AvgIpc) is 2.14. The van der Waals surface area contributed by atoms with E-state index in [2.05, 4.69) is 36.6 Å². The average molecular weight is 361 g/mol. The highest BCUT2D eigenvalue weighted by molar-refractivity contribution is 9.10. The number of alkyl halides is 1. The SMILES string of the molecule is O=S(=O)(NCCBr)c1ccc(Br)cc1F. The van der Waals surface area contributed by atoms with Gasteiger partial charge in [0.05, 0.1) is 0 Å². The Hall–Kier alpha value is 0.0200. The number of benzene rings is 1. The number of nitrogens with one attached hydrogen (secondary N) is 1. The number of hydrogen-bond donors (Lipinski definition) is 1. The largest absolute Gasteiger partial charge is 0.243 e. The van der Waals surface area contributed by atoms with Gasteiger partial charge in [-0.2, -0.15) is 0 Å². The molecule has 1 N–H and O–H groups in total. The van der Waals surface area contributed by atoms with Crippen LogP contribution >= 0.6 is 31.9 Å². The Morgan fingerprint density at radius 1 is 1.40 bits per heavy atom. The van der Waals surface area contributed by atoms with Gasteiger partial charge in [0, 0.05) is 16.3 Å². The lowest BCUT2D eigenvalue weighted by molar-refractivity contribution is 0.558. The Morgan fingerprint density at radius 3 is 2.60 bits per heavy atom. The second-order valence-electron chi connectivity index (χ2n) is 2.66. The minimum absolute atomic E-state index is 0.220. The summed E-state index contributed by atoms with van der Waals surface area (Å²) < 4.78 is 39.1. The summed E-state index contributed by atoms with van der Waals surface area (Å²) in [7, 11) is -3.75. The van der Waals surface area contributed by atoms with E-state index >= 15 is 0 Å². The van der Waals surface area contributed by atoms with Gasteiger partial charge in [-0.15, -0.1) is 0 Å². The van der Waals surface area contributed by atoms with Gasteiger partial charge in [0.15, 0.2) is 0 Å². The van der Waals surface area contributed by atoms with Gasteiger partial charge in [0.1, 0.15) is 10.7 Å². The van der Waals surface area contributed by atoms with Crippen molar-refractivity contribution in [3.05, 3.63) is 28.5 Å². The molecule has 0 aromatic heterocycles. The van der Waals surface area contributed by atoms with Crippen LogP contribution in [0, 0.1) is 5.82 Å². The molecule has 0 atom stereocenters. The number of hydrogen-bond acceptors (Lipinski definition) is 2. The zero-order valence-corrected chi connectivity index (χ0v) is 11.5. The lowest BCUT2D eigenvalue weighted by Gasteiger charge is -2.06. The van der Waals surface area contributed by atoms with Gasteiger partial charge >= 0.3 is 0 Å². The van der Waals surface area contributed by atoms with E-state index in [1.807, 2.05) is 0 Å². The molecule has 3 nitrogen and oxygen atoms in total. The van der Waals surface area contributed by atoms with Gasteiger partial charge < -0.3 is 0 Å². The maximum absolute atomic E-state index is 13.3. The smallest absolute Gasteiger partial charge is 0.210 e. The van der Waals surface area contributed by atoms with Crippen LogP contribution in [0.5, 0.6) is 0 Å². The van der Waals surface area contributed by atoms with Gasteiger partial charge in [-0.1, -0.05) is 31.9 Å². The zero-order chi connectivity index (χ0) is 11.5. The molecule has 1 rings (SSSR count). The predicted octanol–water partition coefficient (Wildman–Crippen LogP) is 2.26. The maximum Gasteiger partial charge on any atom is 0.243 e. The standard InChI is InChI=1S/C8H8Br2FNO2S/c9-3-4-12-15(13,14)8-2-1-6(10)5-7(8)11/h1-2,5,12H,3-4H2. The second kappa shape index (κ2) is 5.38. The third-order valence-corrected chi connectivity index (χ3v) is 3.95. The van der Waals surface area contributed by atoms with Crippen molar-refractivity contribution in [1.29, 1.82) is 0 Å². The molecule has 0 aliphatic rings. The molecule has 0 bridgehead atoms. The molecule has 0 saturated heterocycles. The highest BCUT2D eigenvalue weighted by Gasteiger charge is 2.17. The van der Waals surface area contributed by atoms with Gasteiger partial charge in [-0.3, -0.25) is 0 Å². The molecule has 1 aromatic rings. The molecule has 0 heterocycles. The summed E-state index contributed by atoms with van der Waals surface area (Å²) in [5, 5.41) is 0.477. The van der Waals surface area contributed by atoms with Crippen molar-refractivity contribution in [2.24, 2.45) is 0 Å². The summed E-state index contributed by atoms with van der Waals surface area (Å²) >= 11 is 6.13. The lowest BCUT2D eigenvalue weighted by atomic mass is 10.3. The van der Waals surface area contributed by atoms with Gasteiger partial charge in [-0.25, -0.2) is 17.5 Å². The number of rotatable bonds is 4. The first-order valence-corrected chi connectivity index (χ1v) is 7.38. The van der Waals surface area contributed by atoms with Crippen molar-refractivity contribution < 1.29 is 12.8 Å². The summed E-state index contributed by atoms with van der Waals surface area (Å²) in [5.41, 5.74) is 0. The Labute approximate surface area is 104 Å². The van der Waals surface area contributed by atoms with Crippen molar-refractivity contribution in [2.45, 2.75) is 4.90 Å². The summed E-state index contributed by atoms with van der Waals surface area (Å²) in [6.45, 7) is 0.220. The van der Waals surface area contributed by atoms with E-state index < -0.39 is 15.8 Å². The molecule has 7 heteroatoms. The molecular formula is C8H8Br2FNO2S. The first kappa shape index (κ1) is 13.1. The first-order valence-electron chi connectivity index (χ1n) is 3.98. The first-order chi connectivity index (χ1) is 6.97. The molecule has 0 fully saturated rings. The molecule has 0 amide bonds. The van der Waals surface area contributed by atoms with Crippen LogP contribution in [0.4, 0.5) is 4.39 Å². The Kier molecular flexibility index (Phi) is 4.69. The van der Waals surface area contributed by atoms with Crippen LogP contribution in [0.1, 0.15) is 0 Å². The molecule has 0 radical (unpaired) electrons. The molecule has 0 spiro atoms. The summed E-state index contributed by atoms with van der Waals surface area (Å²) in [4.78, 5) is -0.341. The second-order valence-corrected chi connectivity index (χ2v) is 6.11. The zero-order valence-electron chi connectivity index (χ0n) is 7.50. The van der Waals surface area contributed by atoms with Crippen molar-refractivity contribution in [3.8, 4) is 0 Å². The van der Waals surface area contributed by atoms with E-state index in [4.69, 9.17) is 0 Å². The van der Waals surface area contributed by atoms with E-state index in [0.29, 0.717) is 9.80 Å². The van der Waals surface area contributed by atoms with Gasteiger partial charge in [0.2, 0.25) is 10.0 Å². The van der Waals surface area contributed by atoms with Crippen LogP contribution in [0.2, 0.25) is 0 Å². The van der Waals surface area contributed by atoms with E-state index in [0.717, 1.165) is 6.07 Å². The maximum atomic E-state index is 13.3. The topological polar surface area (TPSA) is 46.2 Å². The monoisotopic (exact) mass is 359 g/mol. The van der Waals surface area contributed by atoms with Crippen LogP contribution in [-0.2, 0) is 10.0 Å². The highest BCUT2D eigenvalue weighted by Crippen LogP contribution is 2.18. The third kappa shape index (κ3) is 3.51. The van der Waals surface area contributed by atoms with Crippen molar-refractivity contribution in [3.63, 3.8) is 0 Å². The van der Waals surface area contributed by atoms with Crippen LogP contribution in [0.25, 0.3) is 0 Å². The van der Waals surface area contributed by atoms with E-state index in [-0.39, 0.29) is 11.4 Å². The fourth-order valence-electron chi connectivity index (χ4n) is 0.944. The summed E-state index contributed by atoms with van der Waals surface area (Å²) in [6.07, 6.45) is 0. The van der Waals surface area contributed by atoms with Crippen molar-refractivity contribution >= 4 is 41.9 Å². The van der Waals surface area contributed by atoms with Crippen LogP contribution in [0.3, 0.4) is 0 Å². The fraction of sp³-hybridized carbons (Fsp3) is 0.250. The Morgan fingerprint density at radius 2 is 2.07 bits per heavy atom. The van der Waals surface area contributed by atoms with Crippen molar-refractivity contribution in [1.82, 2.24) is 4.72 Å². The minimum Gasteiger partial charge on any atom is -0.210 e. The number of sulfonamides is 1. The molecular weight excluding hydrogens is 353 g/mol. The molecule has 84 valence electrons. The van der Waals surface area contributed by atoms with Gasteiger partial charge in [-0.05, 0) is 18.2 Å². The highest BCUT2D eigenvalue weighted by atomic mass is 79.9. The minimum atomic E-state index is -3.75. The molecule has 1 aromatic carbocycles. The normalized spacial score (nSPS) is 11.7. The van der Waals surface area contributed by atoms with Crippen molar-refractivity contribution in [2.75, 3.05) is 11.9 Å². The molecule has 0 aliphatic carbocycles. The Balaban J connectivity index is 3.05. The molecule has 0 saturated carbocycles. The van der Waals surface area contributed by atoms with E-state index in [1.54, 1.807) is 0 Å². The number of halogens is 3.